The van der Waals surface area contributed by atoms with E-state index in [0.717, 1.165) is 16.7 Å². The Labute approximate surface area is 246 Å². The minimum Gasteiger partial charge on any atom is -0.457 e. The molecule has 0 aliphatic heterocycles. The zero-order chi connectivity index (χ0) is 28.6. The van der Waals surface area contributed by atoms with Crippen LogP contribution in [-0.4, -0.2) is 24.1 Å². The van der Waals surface area contributed by atoms with Crippen LogP contribution in [0.25, 0.3) is 10.9 Å². The second kappa shape index (κ2) is 11.1. The van der Waals surface area contributed by atoms with E-state index in [9.17, 15) is 13.2 Å². The minimum atomic E-state index is -4.16. The maximum Gasteiger partial charge on any atom is 0.283 e. The van der Waals surface area contributed by atoms with Crippen molar-refractivity contribution < 1.29 is 17.9 Å². The largest absolute Gasteiger partial charge is 0.457 e. The minimum absolute atomic E-state index is 0.0802. The predicted molar refractivity (Wildman–Crippen MR) is 157 cm³/mol. The van der Waals surface area contributed by atoms with Gasteiger partial charge < -0.3 is 4.74 Å². The fraction of sp³-hybridized carbons (Fsp3) is 0.103. The number of carbonyl (C=O) groups excluding carboxylic acids is 1. The van der Waals surface area contributed by atoms with Crippen molar-refractivity contribution in [2.24, 2.45) is 0 Å². The Morgan fingerprint density at radius 2 is 1.48 bits per heavy atom. The standard InChI is InChI=1S/C29H22Cl3N3O4S/c1-17-13-23(14-18(2)27(17)32)39-22-8-3-19(4-9-22)16-35-28(25-12-7-21(31)15-26(25)33-35)29(36)34-40(37,38)24-10-5-20(30)6-11-24/h3-15H,16H2,1-2H3,(H,34,36). The van der Waals surface area contributed by atoms with Crippen molar-refractivity contribution in [3.63, 3.8) is 0 Å². The van der Waals surface area contributed by atoms with Crippen LogP contribution in [0.5, 0.6) is 11.5 Å². The Balaban J connectivity index is 1.43. The zero-order valence-electron chi connectivity index (χ0n) is 21.3. The van der Waals surface area contributed by atoms with Crippen LogP contribution in [0.1, 0.15) is 27.2 Å². The van der Waals surface area contributed by atoms with Gasteiger partial charge in [0.15, 0.2) is 0 Å². The van der Waals surface area contributed by atoms with E-state index in [0.29, 0.717) is 37.5 Å². The summed E-state index contributed by atoms with van der Waals surface area (Å²) in [7, 11) is -4.16. The maximum atomic E-state index is 13.4. The normalized spacial score (nSPS) is 11.5. The van der Waals surface area contributed by atoms with Crippen molar-refractivity contribution in [3.8, 4) is 11.5 Å². The van der Waals surface area contributed by atoms with E-state index >= 15 is 0 Å². The second-order valence-electron chi connectivity index (χ2n) is 9.17. The number of nitrogens with one attached hydrogen (secondary N) is 1. The highest BCUT2D eigenvalue weighted by Gasteiger charge is 2.24. The summed E-state index contributed by atoms with van der Waals surface area (Å²) in [5.41, 5.74) is 3.18. The van der Waals surface area contributed by atoms with Crippen LogP contribution in [-0.2, 0) is 16.6 Å². The number of carbonyl (C=O) groups is 1. The Hall–Kier alpha value is -3.56. The molecular formula is C29H22Cl3N3O4S. The number of amides is 1. The number of halogens is 3. The summed E-state index contributed by atoms with van der Waals surface area (Å²) in [5.74, 6) is 0.464. The molecule has 5 rings (SSSR count). The van der Waals surface area contributed by atoms with E-state index in [1.54, 1.807) is 30.3 Å². The average molecular weight is 615 g/mol. The molecule has 0 saturated heterocycles. The Morgan fingerprint density at radius 1 is 0.850 bits per heavy atom. The Morgan fingerprint density at radius 3 is 2.12 bits per heavy atom. The van der Waals surface area contributed by atoms with Gasteiger partial charge in [-0.05, 0) is 97.3 Å². The quantitative estimate of drug-likeness (QED) is 0.204. The first-order valence-corrected chi connectivity index (χ1v) is 14.6. The fourth-order valence-electron chi connectivity index (χ4n) is 4.24. The van der Waals surface area contributed by atoms with Gasteiger partial charge in [0.2, 0.25) is 0 Å². The van der Waals surface area contributed by atoms with E-state index in [-0.39, 0.29) is 17.1 Å². The fourth-order valence-corrected chi connectivity index (χ4v) is 5.60. The van der Waals surface area contributed by atoms with Crippen LogP contribution in [0.15, 0.2) is 83.8 Å². The summed E-state index contributed by atoms with van der Waals surface area (Å²) >= 11 is 18.3. The van der Waals surface area contributed by atoms with Crippen LogP contribution in [0.2, 0.25) is 15.1 Å². The van der Waals surface area contributed by atoms with Crippen LogP contribution in [0.3, 0.4) is 0 Å². The lowest BCUT2D eigenvalue weighted by Crippen LogP contribution is -2.32. The Kier molecular flexibility index (Phi) is 7.79. The van der Waals surface area contributed by atoms with Gasteiger partial charge in [0.1, 0.15) is 17.2 Å². The van der Waals surface area contributed by atoms with Crippen molar-refractivity contribution >= 4 is 61.6 Å². The molecule has 0 spiro atoms. The van der Waals surface area contributed by atoms with Crippen molar-refractivity contribution in [3.05, 3.63) is 116 Å². The van der Waals surface area contributed by atoms with Crippen molar-refractivity contribution in [1.29, 1.82) is 0 Å². The van der Waals surface area contributed by atoms with Gasteiger partial charge in [-0.25, -0.2) is 13.1 Å². The lowest BCUT2D eigenvalue weighted by atomic mass is 10.1. The number of aryl methyl sites for hydroxylation is 2. The van der Waals surface area contributed by atoms with Crippen molar-refractivity contribution in [2.45, 2.75) is 25.3 Å². The maximum absolute atomic E-state index is 13.4. The van der Waals surface area contributed by atoms with E-state index in [1.807, 2.05) is 38.1 Å². The van der Waals surface area contributed by atoms with Crippen LogP contribution in [0, 0.1) is 13.8 Å². The average Bonchev–Trinajstić information content (AvgIpc) is 3.25. The van der Waals surface area contributed by atoms with Gasteiger partial charge in [-0.2, -0.15) is 5.10 Å². The molecular weight excluding hydrogens is 593 g/mol. The smallest absolute Gasteiger partial charge is 0.283 e. The molecule has 0 atom stereocenters. The number of sulfonamides is 1. The summed E-state index contributed by atoms with van der Waals surface area (Å²) in [6.07, 6.45) is 0. The van der Waals surface area contributed by atoms with Gasteiger partial charge in [0, 0.05) is 20.5 Å². The van der Waals surface area contributed by atoms with Gasteiger partial charge in [-0.3, -0.25) is 9.48 Å². The SMILES string of the molecule is Cc1cc(Oc2ccc(Cn3nc4cc(Cl)ccc4c3C(=O)NS(=O)(=O)c3ccc(Cl)cc3)cc2)cc(C)c1Cl. The Bertz CT molecular complexity index is 1830. The molecule has 0 radical (unpaired) electrons. The third-order valence-corrected chi connectivity index (χ3v) is 8.60. The number of fused-ring (bicyclic) bond motifs is 1. The highest BCUT2D eigenvalue weighted by atomic mass is 35.5. The van der Waals surface area contributed by atoms with Gasteiger partial charge in [-0.15, -0.1) is 0 Å². The number of hydrogen-bond donors (Lipinski definition) is 1. The highest BCUT2D eigenvalue weighted by Crippen LogP contribution is 2.30. The number of aromatic nitrogens is 2. The van der Waals surface area contributed by atoms with Crippen LogP contribution in [0.4, 0.5) is 0 Å². The first kappa shape index (κ1) is 28.0. The van der Waals surface area contributed by atoms with Crippen molar-refractivity contribution in [1.82, 2.24) is 14.5 Å². The predicted octanol–water partition coefficient (Wildman–Crippen LogP) is 7.57. The summed E-state index contributed by atoms with van der Waals surface area (Å²) in [6.45, 7) is 4.03. The number of hydrogen-bond acceptors (Lipinski definition) is 5. The molecule has 0 aliphatic carbocycles. The third-order valence-electron chi connectivity index (χ3n) is 6.17. The van der Waals surface area contributed by atoms with E-state index < -0.39 is 15.9 Å². The summed E-state index contributed by atoms with van der Waals surface area (Å²) < 4.78 is 35.4. The number of ether oxygens (including phenoxy) is 1. The molecule has 11 heteroatoms. The van der Waals surface area contributed by atoms with Gasteiger partial charge in [0.05, 0.1) is 17.0 Å². The van der Waals surface area contributed by atoms with Gasteiger partial charge in [-0.1, -0.05) is 46.9 Å². The van der Waals surface area contributed by atoms with Crippen LogP contribution >= 0.6 is 34.8 Å². The van der Waals surface area contributed by atoms with Crippen LogP contribution < -0.4 is 9.46 Å². The van der Waals surface area contributed by atoms with E-state index in [2.05, 4.69) is 9.82 Å². The van der Waals surface area contributed by atoms with Gasteiger partial charge >= 0.3 is 0 Å². The molecule has 7 nitrogen and oxygen atoms in total. The number of rotatable bonds is 7. The lowest BCUT2D eigenvalue weighted by Gasteiger charge is -2.12. The summed E-state index contributed by atoms with van der Waals surface area (Å²) in [6, 6.07) is 21.4. The van der Waals surface area contributed by atoms with E-state index in [4.69, 9.17) is 39.5 Å². The monoisotopic (exact) mass is 613 g/mol. The molecule has 0 saturated carbocycles. The molecule has 1 aromatic heterocycles. The molecule has 1 amide bonds. The number of benzene rings is 4. The summed E-state index contributed by atoms with van der Waals surface area (Å²) in [4.78, 5) is 13.3. The molecule has 1 N–H and O–H groups in total. The molecule has 4 aromatic carbocycles. The third kappa shape index (κ3) is 5.95. The second-order valence-corrected chi connectivity index (χ2v) is 12.1. The van der Waals surface area contributed by atoms with Gasteiger partial charge in [0.25, 0.3) is 15.9 Å². The highest BCUT2D eigenvalue weighted by molar-refractivity contribution is 7.90. The topological polar surface area (TPSA) is 90.3 Å². The molecule has 0 bridgehead atoms. The number of nitrogens with zero attached hydrogens (tertiary/aromatic N) is 2. The molecule has 5 aromatic rings. The molecule has 0 aliphatic rings. The van der Waals surface area contributed by atoms with E-state index in [1.165, 1.54) is 28.9 Å². The molecule has 0 fully saturated rings. The van der Waals surface area contributed by atoms with Crippen molar-refractivity contribution in [2.75, 3.05) is 0 Å². The zero-order valence-corrected chi connectivity index (χ0v) is 24.4. The molecule has 204 valence electrons. The first-order valence-electron chi connectivity index (χ1n) is 12.0. The molecule has 40 heavy (non-hydrogen) atoms. The lowest BCUT2D eigenvalue weighted by molar-refractivity contribution is 0.0973. The molecule has 1 heterocycles. The molecule has 0 unspecified atom stereocenters. The first-order chi connectivity index (χ1) is 19.0. The summed E-state index contributed by atoms with van der Waals surface area (Å²) in [5, 5.41) is 6.52.